The van der Waals surface area contributed by atoms with Gasteiger partial charge in [-0.25, -0.2) is 4.79 Å². The minimum Gasteiger partial charge on any atom is -0.493 e. The van der Waals surface area contributed by atoms with E-state index in [0.717, 1.165) is 12.8 Å². The van der Waals surface area contributed by atoms with E-state index in [-0.39, 0.29) is 33.9 Å². The number of nitrogens with one attached hydrogen (secondary N) is 1. The standard InChI is InChI=1S/C23H23N3O6/c1-4-5-11-25-22(27)17(14-24)12-16-9-10-20(21(13-16)31-3)32-23(28)18-7-6-8-19(15(18)2)26(29)30/h6-10,12-13H,4-5,11H2,1-3H3,(H,25,27)/b17-12+. The van der Waals surface area contributed by atoms with E-state index in [1.165, 1.54) is 50.4 Å². The highest BCUT2D eigenvalue weighted by Crippen LogP contribution is 2.30. The smallest absolute Gasteiger partial charge is 0.344 e. The molecule has 0 aromatic heterocycles. The zero-order valence-electron chi connectivity index (χ0n) is 18.0. The molecule has 9 heteroatoms. The van der Waals surface area contributed by atoms with Crippen LogP contribution < -0.4 is 14.8 Å². The van der Waals surface area contributed by atoms with Crippen LogP contribution in [0.1, 0.15) is 41.3 Å². The van der Waals surface area contributed by atoms with Crippen molar-refractivity contribution >= 4 is 23.6 Å². The largest absolute Gasteiger partial charge is 0.493 e. The van der Waals surface area contributed by atoms with E-state index in [1.807, 2.05) is 13.0 Å². The number of methoxy groups -OCH3 is 1. The molecule has 0 heterocycles. The van der Waals surface area contributed by atoms with Gasteiger partial charge in [-0.15, -0.1) is 0 Å². The quantitative estimate of drug-likeness (QED) is 0.119. The Morgan fingerprint density at radius 3 is 2.62 bits per heavy atom. The number of carbonyl (C=O) groups is 2. The SMILES string of the molecule is CCCCNC(=O)/C(C#N)=C/c1ccc(OC(=O)c2cccc([N+](=O)[O-])c2C)c(OC)c1. The molecule has 0 aliphatic rings. The molecule has 0 bridgehead atoms. The summed E-state index contributed by atoms with van der Waals surface area (Å²) >= 11 is 0. The predicted molar refractivity (Wildman–Crippen MR) is 117 cm³/mol. The van der Waals surface area contributed by atoms with E-state index in [4.69, 9.17) is 9.47 Å². The highest BCUT2D eigenvalue weighted by Gasteiger charge is 2.21. The zero-order valence-corrected chi connectivity index (χ0v) is 18.0. The summed E-state index contributed by atoms with van der Waals surface area (Å²) in [5.41, 5.74) is 0.484. The third-order valence-electron chi connectivity index (χ3n) is 4.60. The lowest BCUT2D eigenvalue weighted by molar-refractivity contribution is -0.385. The third-order valence-corrected chi connectivity index (χ3v) is 4.60. The second kappa shape index (κ2) is 11.3. The average molecular weight is 437 g/mol. The van der Waals surface area contributed by atoms with Crippen molar-refractivity contribution in [1.29, 1.82) is 5.26 Å². The first-order chi connectivity index (χ1) is 15.3. The number of nitrogens with zero attached hydrogens (tertiary/aromatic N) is 2. The van der Waals surface area contributed by atoms with Crippen LogP contribution in [0, 0.1) is 28.4 Å². The molecule has 1 amide bonds. The van der Waals surface area contributed by atoms with E-state index in [9.17, 15) is 25.0 Å². The second-order valence-electron chi connectivity index (χ2n) is 6.79. The number of nitriles is 1. The lowest BCUT2D eigenvalue weighted by atomic mass is 10.1. The Balaban J connectivity index is 2.27. The van der Waals surface area contributed by atoms with Crippen LogP contribution in [0.5, 0.6) is 11.5 Å². The van der Waals surface area contributed by atoms with Gasteiger partial charge in [0.2, 0.25) is 0 Å². The molecule has 0 aliphatic heterocycles. The summed E-state index contributed by atoms with van der Waals surface area (Å²) < 4.78 is 10.7. The number of ether oxygens (including phenoxy) is 2. The molecule has 0 aliphatic carbocycles. The number of nitro benzene ring substituents is 1. The van der Waals surface area contributed by atoms with Crippen molar-refractivity contribution in [3.05, 3.63) is 68.8 Å². The van der Waals surface area contributed by atoms with Crippen molar-refractivity contribution in [2.45, 2.75) is 26.7 Å². The molecule has 0 radical (unpaired) electrons. The molecule has 9 nitrogen and oxygen atoms in total. The Kier molecular flexibility index (Phi) is 8.48. The fraction of sp³-hybridized carbons (Fsp3) is 0.261. The molecule has 1 N–H and O–H groups in total. The maximum atomic E-state index is 12.6. The summed E-state index contributed by atoms with van der Waals surface area (Å²) in [6, 6.07) is 10.5. The van der Waals surface area contributed by atoms with Gasteiger partial charge in [0.15, 0.2) is 11.5 Å². The van der Waals surface area contributed by atoms with Gasteiger partial charge in [0.1, 0.15) is 11.6 Å². The molecule has 0 spiro atoms. The Morgan fingerprint density at radius 1 is 1.25 bits per heavy atom. The monoisotopic (exact) mass is 437 g/mol. The van der Waals surface area contributed by atoms with Crippen LogP contribution in [0.4, 0.5) is 5.69 Å². The highest BCUT2D eigenvalue weighted by atomic mass is 16.6. The Bertz CT molecular complexity index is 1100. The van der Waals surface area contributed by atoms with Crippen LogP contribution in [-0.2, 0) is 4.79 Å². The lowest BCUT2D eigenvalue weighted by Gasteiger charge is -2.11. The summed E-state index contributed by atoms with van der Waals surface area (Å²) in [4.78, 5) is 35.3. The molecule has 2 aromatic rings. The first-order valence-corrected chi connectivity index (χ1v) is 9.86. The Labute approximate surface area is 185 Å². The van der Waals surface area contributed by atoms with Gasteiger partial charge in [-0.3, -0.25) is 14.9 Å². The molecular weight excluding hydrogens is 414 g/mol. The predicted octanol–water partition coefficient (Wildman–Crippen LogP) is 3.95. The molecular formula is C23H23N3O6. The number of esters is 1. The summed E-state index contributed by atoms with van der Waals surface area (Å²) in [5.74, 6) is -0.970. The van der Waals surface area contributed by atoms with Crippen molar-refractivity contribution in [1.82, 2.24) is 5.32 Å². The van der Waals surface area contributed by atoms with Crippen molar-refractivity contribution < 1.29 is 24.0 Å². The second-order valence-corrected chi connectivity index (χ2v) is 6.79. The summed E-state index contributed by atoms with van der Waals surface area (Å²) in [6.07, 6.45) is 3.13. The molecule has 2 rings (SSSR count). The van der Waals surface area contributed by atoms with E-state index < -0.39 is 16.8 Å². The maximum absolute atomic E-state index is 12.6. The number of amides is 1. The molecule has 0 fully saturated rings. The zero-order chi connectivity index (χ0) is 23.7. The van der Waals surface area contributed by atoms with Crippen LogP contribution >= 0.6 is 0 Å². The van der Waals surface area contributed by atoms with Gasteiger partial charge < -0.3 is 14.8 Å². The molecule has 0 unspecified atom stereocenters. The van der Waals surface area contributed by atoms with Crippen LogP contribution in [0.3, 0.4) is 0 Å². The number of hydrogen-bond donors (Lipinski definition) is 1. The fourth-order valence-electron chi connectivity index (χ4n) is 2.84. The van der Waals surface area contributed by atoms with Crippen LogP contribution in [0.15, 0.2) is 42.0 Å². The third kappa shape index (κ3) is 5.92. The van der Waals surface area contributed by atoms with Crippen LogP contribution in [-0.4, -0.2) is 30.5 Å². The topological polar surface area (TPSA) is 132 Å². The van der Waals surface area contributed by atoms with Crippen molar-refractivity contribution in [2.75, 3.05) is 13.7 Å². The normalized spacial score (nSPS) is 10.8. The Morgan fingerprint density at radius 2 is 2.00 bits per heavy atom. The van der Waals surface area contributed by atoms with Crippen molar-refractivity contribution in [3.8, 4) is 17.6 Å². The van der Waals surface area contributed by atoms with Gasteiger partial charge in [0.05, 0.1) is 17.6 Å². The molecule has 32 heavy (non-hydrogen) atoms. The van der Waals surface area contributed by atoms with Gasteiger partial charge in [-0.05, 0) is 43.2 Å². The fourth-order valence-corrected chi connectivity index (χ4v) is 2.84. The van der Waals surface area contributed by atoms with Crippen LogP contribution in [0.25, 0.3) is 6.08 Å². The molecule has 166 valence electrons. The van der Waals surface area contributed by atoms with E-state index in [1.54, 1.807) is 6.07 Å². The van der Waals surface area contributed by atoms with E-state index >= 15 is 0 Å². The highest BCUT2D eigenvalue weighted by molar-refractivity contribution is 6.01. The van der Waals surface area contributed by atoms with Gasteiger partial charge in [0, 0.05) is 18.2 Å². The minimum absolute atomic E-state index is 0.0562. The first kappa shape index (κ1) is 24.1. The van der Waals surface area contributed by atoms with Crippen molar-refractivity contribution in [3.63, 3.8) is 0 Å². The van der Waals surface area contributed by atoms with Crippen molar-refractivity contribution in [2.24, 2.45) is 0 Å². The maximum Gasteiger partial charge on any atom is 0.344 e. The average Bonchev–Trinajstić information content (AvgIpc) is 2.78. The molecule has 0 saturated heterocycles. The number of carbonyl (C=O) groups excluding carboxylic acids is 2. The number of nitro groups is 1. The van der Waals surface area contributed by atoms with E-state index in [0.29, 0.717) is 12.1 Å². The summed E-state index contributed by atoms with van der Waals surface area (Å²) in [7, 11) is 1.38. The number of hydrogen-bond acceptors (Lipinski definition) is 7. The van der Waals surface area contributed by atoms with Gasteiger partial charge in [0.25, 0.3) is 11.6 Å². The van der Waals surface area contributed by atoms with E-state index in [2.05, 4.69) is 5.32 Å². The number of benzene rings is 2. The van der Waals surface area contributed by atoms with Crippen LogP contribution in [0.2, 0.25) is 0 Å². The van der Waals surface area contributed by atoms with Gasteiger partial charge in [-0.2, -0.15) is 5.26 Å². The minimum atomic E-state index is -0.777. The van der Waals surface area contributed by atoms with Gasteiger partial charge >= 0.3 is 5.97 Å². The number of rotatable bonds is 9. The number of unbranched alkanes of at least 4 members (excludes halogenated alkanes) is 1. The molecule has 0 atom stereocenters. The van der Waals surface area contributed by atoms with Gasteiger partial charge in [-0.1, -0.05) is 25.5 Å². The first-order valence-electron chi connectivity index (χ1n) is 9.86. The molecule has 0 saturated carbocycles. The summed E-state index contributed by atoms with van der Waals surface area (Å²) in [5, 5.41) is 23.1. The summed E-state index contributed by atoms with van der Waals surface area (Å²) in [6.45, 7) is 3.94. The Hall–Kier alpha value is -4.19. The molecule has 2 aromatic carbocycles. The lowest BCUT2D eigenvalue weighted by Crippen LogP contribution is -2.25.